The minimum atomic E-state index is -0.893. The van der Waals surface area contributed by atoms with Crippen LogP contribution in [-0.2, 0) is 14.3 Å². The number of nitrogens with zero attached hydrogens (tertiary/aromatic N) is 1. The molecule has 0 saturated carbocycles. The summed E-state index contributed by atoms with van der Waals surface area (Å²) in [4.78, 5) is 24.3. The first-order valence-electron chi connectivity index (χ1n) is 7.43. The van der Waals surface area contributed by atoms with Gasteiger partial charge in [-0.15, -0.1) is 0 Å². The van der Waals surface area contributed by atoms with Crippen molar-refractivity contribution in [2.75, 3.05) is 17.0 Å². The zero-order chi connectivity index (χ0) is 16.8. The number of hydrazine groups is 1. The van der Waals surface area contributed by atoms with Crippen molar-refractivity contribution in [1.82, 2.24) is 0 Å². The van der Waals surface area contributed by atoms with E-state index in [1.807, 2.05) is 56.3 Å². The third-order valence-electron chi connectivity index (χ3n) is 3.29. The van der Waals surface area contributed by atoms with Gasteiger partial charge in [-0.2, -0.15) is 0 Å². The molecule has 0 heterocycles. The maximum atomic E-state index is 12.4. The number of carbonyl (C=O) groups excluding carboxylic acids is 2. The van der Waals surface area contributed by atoms with Crippen LogP contribution in [0.1, 0.15) is 18.1 Å². The molecular formula is C18H20N2O3. The van der Waals surface area contributed by atoms with Crippen molar-refractivity contribution in [2.24, 2.45) is 0 Å². The van der Waals surface area contributed by atoms with Gasteiger partial charge in [-0.05, 0) is 50.1 Å². The molecule has 0 aromatic heterocycles. The van der Waals surface area contributed by atoms with Gasteiger partial charge in [-0.1, -0.05) is 30.3 Å². The Kier molecular flexibility index (Phi) is 5.36. The lowest BCUT2D eigenvalue weighted by Gasteiger charge is -2.24. The average Bonchev–Trinajstić information content (AvgIpc) is 2.53. The molecule has 0 fully saturated rings. The van der Waals surface area contributed by atoms with E-state index in [0.29, 0.717) is 5.69 Å². The van der Waals surface area contributed by atoms with Gasteiger partial charge in [0.1, 0.15) is 0 Å². The molecule has 5 heteroatoms. The molecule has 1 N–H and O–H groups in total. The summed E-state index contributed by atoms with van der Waals surface area (Å²) in [5, 5.41) is 1.22. The Hall–Kier alpha value is -2.82. The summed E-state index contributed by atoms with van der Waals surface area (Å²) in [5.74, 6) is -1.66. The van der Waals surface area contributed by atoms with Crippen molar-refractivity contribution >= 4 is 23.3 Å². The van der Waals surface area contributed by atoms with E-state index in [1.54, 1.807) is 13.0 Å². The molecule has 0 bridgehead atoms. The monoisotopic (exact) mass is 312 g/mol. The van der Waals surface area contributed by atoms with Crippen LogP contribution in [0.25, 0.3) is 0 Å². The molecule has 2 aromatic rings. The minimum Gasteiger partial charge on any atom is -0.459 e. The molecule has 0 unspecified atom stereocenters. The molecule has 0 aliphatic carbocycles. The quantitative estimate of drug-likeness (QED) is 0.535. The van der Waals surface area contributed by atoms with E-state index in [4.69, 9.17) is 4.74 Å². The van der Waals surface area contributed by atoms with Crippen LogP contribution in [-0.4, -0.2) is 18.5 Å². The van der Waals surface area contributed by atoms with E-state index < -0.39 is 11.9 Å². The summed E-state index contributed by atoms with van der Waals surface area (Å²) in [5.41, 5.74) is 6.27. The molecule has 0 aliphatic heterocycles. The molecule has 5 nitrogen and oxygen atoms in total. The molecule has 1 amide bonds. The summed E-state index contributed by atoms with van der Waals surface area (Å²) in [7, 11) is 0. The third-order valence-corrected chi connectivity index (χ3v) is 3.29. The highest BCUT2D eigenvalue weighted by molar-refractivity contribution is 6.38. The molecule has 2 aromatic carbocycles. The number of amides is 1. The number of nitrogens with one attached hydrogen (secondary N) is 1. The third kappa shape index (κ3) is 4.10. The summed E-state index contributed by atoms with van der Waals surface area (Å²) in [6, 6.07) is 14.9. The van der Waals surface area contributed by atoms with Gasteiger partial charge in [-0.25, -0.2) is 9.80 Å². The largest absolute Gasteiger partial charge is 0.459 e. The minimum absolute atomic E-state index is 0.149. The predicted molar refractivity (Wildman–Crippen MR) is 90.1 cm³/mol. The van der Waals surface area contributed by atoms with Crippen LogP contribution in [0.4, 0.5) is 11.4 Å². The first-order chi connectivity index (χ1) is 11.0. The van der Waals surface area contributed by atoms with Gasteiger partial charge in [-0.3, -0.25) is 10.2 Å². The summed E-state index contributed by atoms with van der Waals surface area (Å²) < 4.78 is 4.83. The molecule has 0 aliphatic rings. The number of carbonyl (C=O) groups is 2. The fourth-order valence-electron chi connectivity index (χ4n) is 2.10. The second-order valence-corrected chi connectivity index (χ2v) is 5.13. The second-order valence-electron chi connectivity index (χ2n) is 5.13. The fourth-order valence-corrected chi connectivity index (χ4v) is 2.10. The number of aryl methyl sites for hydroxylation is 2. The standard InChI is InChI=1S/C18H20N2O3/c1-4-23-18(22)17(21)20(15-10-7-8-13(2)12-15)19-16-11-6-5-9-14(16)3/h5-12,19H,4H2,1-3H3. The molecule has 2 rings (SSSR count). The van der Waals surface area contributed by atoms with Gasteiger partial charge in [0.2, 0.25) is 0 Å². The van der Waals surface area contributed by atoms with Gasteiger partial charge >= 0.3 is 11.9 Å². The van der Waals surface area contributed by atoms with Crippen LogP contribution in [0, 0.1) is 13.8 Å². The first kappa shape index (κ1) is 16.5. The Morgan fingerprint density at radius 2 is 1.83 bits per heavy atom. The van der Waals surface area contributed by atoms with Gasteiger partial charge in [0, 0.05) is 0 Å². The van der Waals surface area contributed by atoms with E-state index in [-0.39, 0.29) is 6.61 Å². The Labute approximate surface area is 135 Å². The zero-order valence-electron chi connectivity index (χ0n) is 13.5. The van der Waals surface area contributed by atoms with Crippen LogP contribution >= 0.6 is 0 Å². The van der Waals surface area contributed by atoms with Gasteiger partial charge in [0.05, 0.1) is 18.0 Å². The van der Waals surface area contributed by atoms with Crippen molar-refractivity contribution in [1.29, 1.82) is 0 Å². The summed E-state index contributed by atoms with van der Waals surface area (Å²) in [6.07, 6.45) is 0. The number of hydrogen-bond acceptors (Lipinski definition) is 4. The van der Waals surface area contributed by atoms with E-state index >= 15 is 0 Å². The highest BCUT2D eigenvalue weighted by Gasteiger charge is 2.25. The van der Waals surface area contributed by atoms with Crippen molar-refractivity contribution < 1.29 is 14.3 Å². The van der Waals surface area contributed by atoms with Crippen molar-refractivity contribution in [3.8, 4) is 0 Å². The Morgan fingerprint density at radius 3 is 2.48 bits per heavy atom. The maximum absolute atomic E-state index is 12.4. The van der Waals surface area contributed by atoms with Crippen molar-refractivity contribution in [3.05, 3.63) is 59.7 Å². The Bertz CT molecular complexity index is 713. The number of anilines is 2. The highest BCUT2D eigenvalue weighted by Crippen LogP contribution is 2.20. The normalized spacial score (nSPS) is 10.0. The lowest BCUT2D eigenvalue weighted by Crippen LogP contribution is -2.42. The van der Waals surface area contributed by atoms with Crippen LogP contribution in [0.2, 0.25) is 0 Å². The van der Waals surface area contributed by atoms with Gasteiger partial charge in [0.25, 0.3) is 0 Å². The van der Waals surface area contributed by atoms with Gasteiger partial charge < -0.3 is 4.74 Å². The van der Waals surface area contributed by atoms with E-state index in [9.17, 15) is 9.59 Å². The molecule has 120 valence electrons. The molecule has 0 radical (unpaired) electrons. The Morgan fingerprint density at radius 1 is 1.09 bits per heavy atom. The topological polar surface area (TPSA) is 58.6 Å². The molecule has 0 atom stereocenters. The number of para-hydroxylation sites is 1. The average molecular weight is 312 g/mol. The SMILES string of the molecule is CCOC(=O)C(=O)N(Nc1ccccc1C)c1cccc(C)c1. The van der Waals surface area contributed by atoms with E-state index in [2.05, 4.69) is 5.43 Å². The Balaban J connectivity index is 2.37. The van der Waals surface area contributed by atoms with Gasteiger partial charge in [0.15, 0.2) is 0 Å². The number of hydrogen-bond donors (Lipinski definition) is 1. The van der Waals surface area contributed by atoms with Crippen LogP contribution in [0.3, 0.4) is 0 Å². The van der Waals surface area contributed by atoms with Crippen LogP contribution < -0.4 is 10.4 Å². The zero-order valence-corrected chi connectivity index (χ0v) is 13.5. The molecule has 23 heavy (non-hydrogen) atoms. The molecular weight excluding hydrogens is 292 g/mol. The predicted octanol–water partition coefficient (Wildman–Crippen LogP) is 3.23. The second kappa shape index (κ2) is 7.45. The lowest BCUT2D eigenvalue weighted by atomic mass is 10.2. The number of ether oxygens (including phenoxy) is 1. The first-order valence-corrected chi connectivity index (χ1v) is 7.43. The highest BCUT2D eigenvalue weighted by atomic mass is 16.5. The number of rotatable bonds is 4. The number of esters is 1. The maximum Gasteiger partial charge on any atom is 0.399 e. The van der Waals surface area contributed by atoms with Crippen molar-refractivity contribution in [2.45, 2.75) is 20.8 Å². The van der Waals surface area contributed by atoms with E-state index in [0.717, 1.165) is 16.8 Å². The van der Waals surface area contributed by atoms with Crippen molar-refractivity contribution in [3.63, 3.8) is 0 Å². The number of benzene rings is 2. The molecule has 0 saturated heterocycles. The fraction of sp³-hybridized carbons (Fsp3) is 0.222. The summed E-state index contributed by atoms with van der Waals surface area (Å²) in [6.45, 7) is 5.66. The van der Waals surface area contributed by atoms with Crippen LogP contribution in [0.15, 0.2) is 48.5 Å². The molecule has 0 spiro atoms. The summed E-state index contributed by atoms with van der Waals surface area (Å²) >= 11 is 0. The van der Waals surface area contributed by atoms with E-state index in [1.165, 1.54) is 5.01 Å². The van der Waals surface area contributed by atoms with Crippen LogP contribution in [0.5, 0.6) is 0 Å². The lowest BCUT2D eigenvalue weighted by molar-refractivity contribution is -0.153. The smallest absolute Gasteiger partial charge is 0.399 e.